The summed E-state index contributed by atoms with van der Waals surface area (Å²) in [6.45, 7) is 9.27. The molecule has 0 amide bonds. The third kappa shape index (κ3) is 3.07. The Kier molecular flexibility index (Phi) is 3.84. The van der Waals surface area contributed by atoms with E-state index in [0.29, 0.717) is 0 Å². The molecule has 0 aromatic heterocycles. The van der Waals surface area contributed by atoms with Gasteiger partial charge in [-0.25, -0.2) is 0 Å². The van der Waals surface area contributed by atoms with Gasteiger partial charge in [-0.2, -0.15) is 0 Å². The quantitative estimate of drug-likeness (QED) is 0.804. The van der Waals surface area contributed by atoms with Crippen LogP contribution in [0.4, 0.5) is 0 Å². The van der Waals surface area contributed by atoms with Gasteiger partial charge in [0.1, 0.15) is 0 Å². The zero-order valence-corrected chi connectivity index (χ0v) is 13.4. The van der Waals surface area contributed by atoms with Crippen molar-refractivity contribution in [2.24, 2.45) is 5.41 Å². The molecule has 1 N–H and O–H groups in total. The first-order valence-corrected chi connectivity index (χ1v) is 10.4. The lowest BCUT2D eigenvalue weighted by Crippen LogP contribution is -2.33. The smallest absolute Gasteiger partial charge is 0.0881 e. The predicted octanol–water partition coefficient (Wildman–Crippen LogP) is 4.49. The molecule has 19 heavy (non-hydrogen) atoms. The number of hydrogen-bond donors (Lipinski definition) is 1. The van der Waals surface area contributed by atoms with Crippen LogP contribution in [0.2, 0.25) is 19.6 Å². The molecule has 0 fully saturated rings. The van der Waals surface area contributed by atoms with Crippen molar-refractivity contribution in [1.82, 2.24) is 0 Å². The summed E-state index contributed by atoms with van der Waals surface area (Å²) in [5.41, 5.74) is 0.817. The van der Waals surface area contributed by atoms with E-state index >= 15 is 0 Å². The van der Waals surface area contributed by atoms with E-state index < -0.39 is 14.2 Å². The van der Waals surface area contributed by atoms with E-state index in [2.05, 4.69) is 44.8 Å². The number of benzene rings is 1. The van der Waals surface area contributed by atoms with Gasteiger partial charge in [0.15, 0.2) is 0 Å². The minimum atomic E-state index is -1.29. The second kappa shape index (κ2) is 5.10. The van der Waals surface area contributed by atoms with Crippen LogP contribution in [0.3, 0.4) is 0 Å². The van der Waals surface area contributed by atoms with Crippen molar-refractivity contribution in [3.63, 3.8) is 0 Å². The van der Waals surface area contributed by atoms with Gasteiger partial charge in [-0.1, -0.05) is 80.3 Å². The van der Waals surface area contributed by atoms with Crippen LogP contribution in [0.1, 0.15) is 25.0 Å². The van der Waals surface area contributed by atoms with Crippen molar-refractivity contribution < 1.29 is 5.11 Å². The Morgan fingerprint density at radius 1 is 1.16 bits per heavy atom. The van der Waals surface area contributed by atoms with Gasteiger partial charge >= 0.3 is 0 Å². The lowest BCUT2D eigenvalue weighted by atomic mass is 9.76. The molecule has 1 aliphatic rings. The average Bonchev–Trinajstić information content (AvgIpc) is 2.38. The average molecular weight is 272 g/mol. The first kappa shape index (κ1) is 14.3. The van der Waals surface area contributed by atoms with Crippen molar-refractivity contribution in [1.29, 1.82) is 0 Å². The van der Waals surface area contributed by atoms with Gasteiger partial charge in [-0.15, -0.1) is 0 Å². The van der Waals surface area contributed by atoms with Crippen LogP contribution >= 0.6 is 0 Å². The molecule has 1 aromatic rings. The van der Waals surface area contributed by atoms with Crippen LogP contribution in [-0.2, 0) is 0 Å². The Morgan fingerprint density at radius 3 is 2.37 bits per heavy atom. The monoisotopic (exact) mass is 272 g/mol. The minimum absolute atomic E-state index is 0.189. The maximum Gasteiger partial charge on any atom is 0.0881 e. The molecule has 0 saturated carbocycles. The number of hydrogen-bond acceptors (Lipinski definition) is 1. The fourth-order valence-electron chi connectivity index (χ4n) is 2.63. The Labute approximate surface area is 117 Å². The maximum atomic E-state index is 10.7. The fraction of sp³-hybridized carbons (Fsp3) is 0.412. The number of aliphatic hydroxyl groups is 1. The first-order valence-electron chi connectivity index (χ1n) is 6.95. The number of aliphatic hydroxyl groups excluding tert-OH is 1. The van der Waals surface area contributed by atoms with Gasteiger partial charge < -0.3 is 5.11 Å². The second-order valence-corrected chi connectivity index (χ2v) is 11.9. The summed E-state index contributed by atoms with van der Waals surface area (Å²) in [6.07, 6.45) is 7.07. The van der Waals surface area contributed by atoms with Gasteiger partial charge in [0.05, 0.1) is 14.2 Å². The number of allylic oxidation sites excluding steroid dienone is 3. The van der Waals surface area contributed by atoms with E-state index in [1.54, 1.807) is 0 Å². The molecule has 0 heterocycles. The summed E-state index contributed by atoms with van der Waals surface area (Å²) >= 11 is 0. The topological polar surface area (TPSA) is 20.2 Å². The highest BCUT2D eigenvalue weighted by Crippen LogP contribution is 2.44. The molecular formula is C17H24OSi. The molecule has 0 saturated heterocycles. The Bertz CT molecular complexity index is 496. The molecule has 1 aromatic carbocycles. The molecule has 0 spiro atoms. The predicted molar refractivity (Wildman–Crippen MR) is 84.7 cm³/mol. The molecule has 102 valence electrons. The zero-order valence-electron chi connectivity index (χ0n) is 12.4. The molecule has 0 radical (unpaired) electrons. The summed E-state index contributed by atoms with van der Waals surface area (Å²) in [6, 6.07) is 9.99. The Hall–Kier alpha value is -1.12. The van der Waals surface area contributed by atoms with E-state index in [0.717, 1.165) is 12.0 Å². The summed E-state index contributed by atoms with van der Waals surface area (Å²) < 4.78 is 0. The Morgan fingerprint density at radius 2 is 1.79 bits per heavy atom. The van der Waals surface area contributed by atoms with Crippen molar-refractivity contribution in [2.75, 3.05) is 0 Å². The molecule has 1 nitrogen and oxygen atoms in total. The van der Waals surface area contributed by atoms with Gasteiger partial charge in [-0.3, -0.25) is 0 Å². The van der Waals surface area contributed by atoms with Crippen LogP contribution < -0.4 is 0 Å². The molecular weight excluding hydrogens is 248 g/mol. The highest BCUT2D eigenvalue weighted by Gasteiger charge is 2.36. The minimum Gasteiger partial charge on any atom is -0.388 e. The van der Waals surface area contributed by atoms with Crippen LogP contribution in [0.5, 0.6) is 0 Å². The normalized spacial score (nSPS) is 25.0. The molecule has 0 aliphatic heterocycles. The summed E-state index contributed by atoms with van der Waals surface area (Å²) in [7, 11) is -1.29. The SMILES string of the molecule is C[C@@]1([C@@H](O)c2ccccc2)C=CC=C([Si](C)(C)C)C1. The van der Waals surface area contributed by atoms with Crippen molar-refractivity contribution in [3.05, 3.63) is 59.3 Å². The zero-order chi connectivity index (χ0) is 14.1. The third-order valence-electron chi connectivity index (χ3n) is 4.05. The van der Waals surface area contributed by atoms with E-state index in [-0.39, 0.29) is 5.41 Å². The van der Waals surface area contributed by atoms with Crippen LogP contribution in [-0.4, -0.2) is 13.2 Å². The number of rotatable bonds is 3. The fourth-order valence-corrected chi connectivity index (χ4v) is 4.14. The van der Waals surface area contributed by atoms with E-state index in [1.165, 1.54) is 5.20 Å². The van der Waals surface area contributed by atoms with Crippen LogP contribution in [0.25, 0.3) is 0 Å². The summed E-state index contributed by atoms with van der Waals surface area (Å²) in [4.78, 5) is 0. The molecule has 0 bridgehead atoms. The maximum absolute atomic E-state index is 10.7. The van der Waals surface area contributed by atoms with Crippen LogP contribution in [0.15, 0.2) is 53.8 Å². The van der Waals surface area contributed by atoms with E-state index in [1.807, 2.05) is 30.3 Å². The van der Waals surface area contributed by atoms with E-state index in [4.69, 9.17) is 0 Å². The van der Waals surface area contributed by atoms with Gasteiger partial charge in [0, 0.05) is 5.41 Å². The molecule has 2 rings (SSSR count). The van der Waals surface area contributed by atoms with E-state index in [9.17, 15) is 5.11 Å². The summed E-state index contributed by atoms with van der Waals surface area (Å²) in [5, 5.41) is 12.3. The third-order valence-corrected chi connectivity index (χ3v) is 6.32. The van der Waals surface area contributed by atoms with Crippen LogP contribution in [0, 0.1) is 5.41 Å². The highest BCUT2D eigenvalue weighted by molar-refractivity contribution is 6.83. The van der Waals surface area contributed by atoms with Gasteiger partial charge in [-0.05, 0) is 12.0 Å². The van der Waals surface area contributed by atoms with Gasteiger partial charge in [0.25, 0.3) is 0 Å². The molecule has 0 unspecified atom stereocenters. The molecule has 2 atom stereocenters. The molecule has 1 aliphatic carbocycles. The first-order chi connectivity index (χ1) is 8.83. The second-order valence-electron chi connectivity index (χ2n) is 6.80. The molecule has 2 heteroatoms. The largest absolute Gasteiger partial charge is 0.388 e. The van der Waals surface area contributed by atoms with Crippen molar-refractivity contribution >= 4 is 8.07 Å². The van der Waals surface area contributed by atoms with Gasteiger partial charge in [0.2, 0.25) is 0 Å². The summed E-state index contributed by atoms with van der Waals surface area (Å²) in [5.74, 6) is 0. The lowest BCUT2D eigenvalue weighted by molar-refractivity contribution is 0.0699. The Balaban J connectivity index is 2.26. The highest BCUT2D eigenvalue weighted by atomic mass is 28.3. The standard InChI is InChI=1S/C17H24OSi/c1-17(16(18)14-9-6-5-7-10-14)12-8-11-15(13-17)19(2,3)4/h5-12,16,18H,13H2,1-4H3/t16-,17+/m0/s1. The van der Waals surface area contributed by atoms with Crippen molar-refractivity contribution in [2.45, 2.75) is 39.1 Å². The lowest BCUT2D eigenvalue weighted by Gasteiger charge is -2.38. The van der Waals surface area contributed by atoms with Crippen molar-refractivity contribution in [3.8, 4) is 0 Å².